The molecule has 1 aliphatic heterocycles. The van der Waals surface area contributed by atoms with Gasteiger partial charge in [-0.05, 0) is 57.1 Å². The van der Waals surface area contributed by atoms with Crippen LogP contribution in [-0.4, -0.2) is 75.7 Å². The van der Waals surface area contributed by atoms with Gasteiger partial charge < -0.3 is 20.4 Å². The third-order valence-electron chi connectivity index (χ3n) is 5.64. The molecule has 0 spiro atoms. The fraction of sp³-hybridized carbons (Fsp3) is 0.650. The number of aliphatic imine (C=N–C) groups is 1. The van der Waals surface area contributed by atoms with E-state index in [0.717, 1.165) is 57.1 Å². The van der Waals surface area contributed by atoms with Crippen LogP contribution in [0.4, 0.5) is 4.39 Å². The van der Waals surface area contributed by atoms with E-state index < -0.39 is 0 Å². The predicted octanol–water partition coefficient (Wildman–Crippen LogP) is 1.66. The highest BCUT2D eigenvalue weighted by atomic mass is 19.1. The summed E-state index contributed by atoms with van der Waals surface area (Å²) in [6.45, 7) is 7.34. The van der Waals surface area contributed by atoms with Gasteiger partial charge in [0.25, 0.3) is 0 Å². The Kier molecular flexibility index (Phi) is 6.48. The van der Waals surface area contributed by atoms with Crippen molar-refractivity contribution in [2.24, 2.45) is 4.99 Å². The molecule has 1 heterocycles. The second-order valence-electron chi connectivity index (χ2n) is 7.64. The molecule has 2 fully saturated rings. The molecular formula is C20H32FN5. The van der Waals surface area contributed by atoms with Crippen LogP contribution in [0.1, 0.15) is 24.8 Å². The molecule has 0 radical (unpaired) electrons. The van der Waals surface area contributed by atoms with Crippen molar-refractivity contribution in [3.05, 3.63) is 35.6 Å². The molecule has 6 heteroatoms. The van der Waals surface area contributed by atoms with Crippen molar-refractivity contribution in [1.29, 1.82) is 0 Å². The number of benzene rings is 1. The monoisotopic (exact) mass is 361 g/mol. The summed E-state index contributed by atoms with van der Waals surface area (Å²) >= 11 is 0. The SMILES string of the molecule is CN=C(NCCN1CCCN(C)CC1)NCC1(c2cccc(F)c2)CC1. The van der Waals surface area contributed by atoms with Crippen LogP contribution < -0.4 is 10.6 Å². The maximum Gasteiger partial charge on any atom is 0.191 e. The number of rotatable bonds is 6. The summed E-state index contributed by atoms with van der Waals surface area (Å²) in [7, 11) is 4.00. The van der Waals surface area contributed by atoms with Crippen LogP contribution in [0.25, 0.3) is 0 Å². The molecule has 2 aliphatic rings. The number of nitrogens with one attached hydrogen (secondary N) is 2. The van der Waals surface area contributed by atoms with Gasteiger partial charge in [-0.1, -0.05) is 12.1 Å². The van der Waals surface area contributed by atoms with Gasteiger partial charge in [0.05, 0.1) is 0 Å². The van der Waals surface area contributed by atoms with Crippen LogP contribution in [0, 0.1) is 5.82 Å². The Hall–Kier alpha value is -1.66. The Bertz CT molecular complexity index is 614. The quantitative estimate of drug-likeness (QED) is 0.597. The molecule has 0 amide bonds. The van der Waals surface area contributed by atoms with Crippen LogP contribution in [-0.2, 0) is 5.41 Å². The summed E-state index contributed by atoms with van der Waals surface area (Å²) in [4.78, 5) is 9.25. The lowest BCUT2D eigenvalue weighted by Gasteiger charge is -2.22. The smallest absolute Gasteiger partial charge is 0.191 e. The van der Waals surface area contributed by atoms with Gasteiger partial charge >= 0.3 is 0 Å². The van der Waals surface area contributed by atoms with E-state index >= 15 is 0 Å². The van der Waals surface area contributed by atoms with Crippen molar-refractivity contribution in [1.82, 2.24) is 20.4 Å². The third-order valence-corrected chi connectivity index (χ3v) is 5.64. The molecule has 0 aromatic heterocycles. The van der Waals surface area contributed by atoms with Gasteiger partial charge in [-0.25, -0.2) is 4.39 Å². The van der Waals surface area contributed by atoms with E-state index in [2.05, 4.69) is 32.5 Å². The first-order valence-corrected chi connectivity index (χ1v) is 9.73. The average molecular weight is 362 g/mol. The molecule has 0 bridgehead atoms. The summed E-state index contributed by atoms with van der Waals surface area (Å²) in [6.07, 6.45) is 3.43. The van der Waals surface area contributed by atoms with E-state index in [9.17, 15) is 4.39 Å². The van der Waals surface area contributed by atoms with E-state index in [1.165, 1.54) is 25.6 Å². The van der Waals surface area contributed by atoms with E-state index in [-0.39, 0.29) is 11.2 Å². The van der Waals surface area contributed by atoms with Gasteiger partial charge in [-0.3, -0.25) is 4.99 Å². The van der Waals surface area contributed by atoms with Crippen LogP contribution in [0.3, 0.4) is 0 Å². The van der Waals surface area contributed by atoms with Crippen molar-refractivity contribution in [3.63, 3.8) is 0 Å². The van der Waals surface area contributed by atoms with Gasteiger partial charge in [0, 0.05) is 45.2 Å². The molecule has 0 atom stereocenters. The number of hydrogen-bond donors (Lipinski definition) is 2. The lowest BCUT2D eigenvalue weighted by Crippen LogP contribution is -2.44. The van der Waals surface area contributed by atoms with Crippen molar-refractivity contribution >= 4 is 5.96 Å². The van der Waals surface area contributed by atoms with Crippen molar-refractivity contribution < 1.29 is 4.39 Å². The van der Waals surface area contributed by atoms with Gasteiger partial charge in [0.15, 0.2) is 5.96 Å². The summed E-state index contributed by atoms with van der Waals surface area (Å²) < 4.78 is 13.5. The minimum absolute atomic E-state index is 0.0646. The number of halogens is 1. The van der Waals surface area contributed by atoms with Gasteiger partial charge in [-0.15, -0.1) is 0 Å². The zero-order valence-electron chi connectivity index (χ0n) is 16.1. The molecule has 3 rings (SSSR count). The second-order valence-corrected chi connectivity index (χ2v) is 7.64. The lowest BCUT2D eigenvalue weighted by atomic mass is 9.96. The average Bonchev–Trinajstić information content (AvgIpc) is 3.44. The Morgan fingerprint density at radius 3 is 2.77 bits per heavy atom. The first-order valence-electron chi connectivity index (χ1n) is 9.73. The largest absolute Gasteiger partial charge is 0.356 e. The Morgan fingerprint density at radius 1 is 1.19 bits per heavy atom. The van der Waals surface area contributed by atoms with Gasteiger partial charge in [-0.2, -0.15) is 0 Å². The molecule has 2 N–H and O–H groups in total. The zero-order valence-corrected chi connectivity index (χ0v) is 16.1. The molecule has 1 aromatic rings. The maximum absolute atomic E-state index is 13.5. The van der Waals surface area contributed by atoms with Crippen molar-refractivity contribution in [3.8, 4) is 0 Å². The van der Waals surface area contributed by atoms with Crippen LogP contribution in [0.2, 0.25) is 0 Å². The van der Waals surface area contributed by atoms with Crippen LogP contribution in [0.5, 0.6) is 0 Å². The van der Waals surface area contributed by atoms with E-state index in [1.807, 2.05) is 6.07 Å². The molecule has 26 heavy (non-hydrogen) atoms. The Balaban J connectivity index is 1.42. The standard InChI is InChI=1S/C20H32FN5/c1-22-19(23-9-12-26-11-4-10-25(2)13-14-26)24-16-20(7-8-20)17-5-3-6-18(21)15-17/h3,5-6,15H,4,7-14,16H2,1-2H3,(H2,22,23,24). The van der Waals surface area contributed by atoms with Crippen molar-refractivity contribution in [2.45, 2.75) is 24.7 Å². The second kappa shape index (κ2) is 8.82. The summed E-state index contributed by atoms with van der Waals surface area (Å²) in [6, 6.07) is 7.01. The highest BCUT2D eigenvalue weighted by molar-refractivity contribution is 5.79. The number of nitrogens with zero attached hydrogens (tertiary/aromatic N) is 3. The fourth-order valence-electron chi connectivity index (χ4n) is 3.67. The molecule has 1 saturated carbocycles. The maximum atomic E-state index is 13.5. The lowest BCUT2D eigenvalue weighted by molar-refractivity contribution is 0.280. The van der Waals surface area contributed by atoms with Crippen molar-refractivity contribution in [2.75, 3.05) is 59.9 Å². The number of likely N-dealkylation sites (N-methyl/N-ethyl adjacent to an activating group) is 1. The number of hydrogen-bond acceptors (Lipinski definition) is 3. The van der Waals surface area contributed by atoms with Gasteiger partial charge in [0.1, 0.15) is 5.82 Å². The first-order chi connectivity index (χ1) is 12.6. The highest BCUT2D eigenvalue weighted by Crippen LogP contribution is 2.47. The molecule has 5 nitrogen and oxygen atoms in total. The Labute approximate surface area is 156 Å². The van der Waals surface area contributed by atoms with E-state index in [0.29, 0.717) is 0 Å². The molecule has 0 unspecified atom stereocenters. The predicted molar refractivity (Wildman–Crippen MR) is 105 cm³/mol. The minimum atomic E-state index is -0.153. The Morgan fingerprint density at radius 2 is 2.04 bits per heavy atom. The molecular weight excluding hydrogens is 329 g/mol. The van der Waals surface area contributed by atoms with Gasteiger partial charge in [0.2, 0.25) is 0 Å². The highest BCUT2D eigenvalue weighted by Gasteiger charge is 2.44. The minimum Gasteiger partial charge on any atom is -0.356 e. The topological polar surface area (TPSA) is 42.9 Å². The fourth-order valence-corrected chi connectivity index (χ4v) is 3.67. The molecule has 144 valence electrons. The van der Waals surface area contributed by atoms with Crippen LogP contribution >= 0.6 is 0 Å². The third kappa shape index (κ3) is 5.17. The normalized spacial score (nSPS) is 21.3. The van der Waals surface area contributed by atoms with E-state index in [4.69, 9.17) is 0 Å². The summed E-state index contributed by atoms with van der Waals surface area (Å²) in [5.41, 5.74) is 1.16. The molecule has 1 aromatic carbocycles. The summed E-state index contributed by atoms with van der Waals surface area (Å²) in [5.74, 6) is 0.680. The molecule has 1 saturated heterocycles. The molecule has 1 aliphatic carbocycles. The van der Waals surface area contributed by atoms with Crippen LogP contribution in [0.15, 0.2) is 29.3 Å². The summed E-state index contributed by atoms with van der Waals surface area (Å²) in [5, 5.41) is 6.86. The number of guanidine groups is 1. The van der Waals surface area contributed by atoms with E-state index in [1.54, 1.807) is 19.2 Å². The zero-order chi connectivity index (χ0) is 18.4. The first kappa shape index (κ1) is 19.1.